The number of aryl methyl sites for hydroxylation is 1. The minimum Gasteiger partial charge on any atom is -0.365 e. The van der Waals surface area contributed by atoms with Gasteiger partial charge in [0.2, 0.25) is 0 Å². The normalized spacial score (nSPS) is 24.5. The zero-order valence-electron chi connectivity index (χ0n) is 9.83. The van der Waals surface area contributed by atoms with E-state index in [1.165, 1.54) is 11.3 Å². The minimum atomic E-state index is 0.186. The molecular weight excluding hydrogens is 184 g/mol. The van der Waals surface area contributed by atoms with Gasteiger partial charge in [0.1, 0.15) is 0 Å². The summed E-state index contributed by atoms with van der Waals surface area (Å²) in [4.78, 5) is 2.44. The van der Waals surface area contributed by atoms with E-state index in [0.717, 1.165) is 13.0 Å². The first-order chi connectivity index (χ1) is 7.00. The van der Waals surface area contributed by atoms with Crippen LogP contribution in [0.25, 0.3) is 0 Å². The molecule has 2 rings (SSSR count). The molecule has 0 aromatic heterocycles. The van der Waals surface area contributed by atoms with Crippen LogP contribution >= 0.6 is 0 Å². The molecule has 82 valence electrons. The predicted octanol–water partition coefficient (Wildman–Crippen LogP) is 2.31. The number of para-hydroxylation sites is 1. The van der Waals surface area contributed by atoms with E-state index in [0.29, 0.717) is 6.04 Å². The summed E-state index contributed by atoms with van der Waals surface area (Å²) in [5.74, 6) is 0. The molecule has 1 aromatic rings. The van der Waals surface area contributed by atoms with E-state index in [1.54, 1.807) is 0 Å². The van der Waals surface area contributed by atoms with E-state index in [9.17, 15) is 0 Å². The summed E-state index contributed by atoms with van der Waals surface area (Å²) in [5, 5.41) is 0. The first-order valence-electron chi connectivity index (χ1n) is 5.59. The summed E-state index contributed by atoms with van der Waals surface area (Å²) in [6.07, 6.45) is 1.07. The second-order valence-electron chi connectivity index (χ2n) is 5.17. The summed E-state index contributed by atoms with van der Waals surface area (Å²) < 4.78 is 0. The number of hydrogen-bond acceptors (Lipinski definition) is 2. The highest BCUT2D eigenvalue weighted by atomic mass is 15.2. The van der Waals surface area contributed by atoms with Gasteiger partial charge in [0, 0.05) is 23.8 Å². The van der Waals surface area contributed by atoms with E-state index in [1.807, 2.05) is 0 Å². The van der Waals surface area contributed by atoms with Crippen molar-refractivity contribution in [1.29, 1.82) is 0 Å². The van der Waals surface area contributed by atoms with Crippen LogP contribution in [-0.4, -0.2) is 18.1 Å². The van der Waals surface area contributed by atoms with Crippen LogP contribution in [0.1, 0.15) is 25.8 Å². The van der Waals surface area contributed by atoms with Crippen molar-refractivity contribution < 1.29 is 0 Å². The molecule has 2 nitrogen and oxygen atoms in total. The van der Waals surface area contributed by atoms with Crippen LogP contribution in [0, 0.1) is 6.92 Å². The van der Waals surface area contributed by atoms with Gasteiger partial charge in [-0.15, -0.1) is 0 Å². The first-order valence-corrected chi connectivity index (χ1v) is 5.59. The van der Waals surface area contributed by atoms with Gasteiger partial charge in [0.05, 0.1) is 0 Å². The highest BCUT2D eigenvalue weighted by Gasteiger charge is 2.37. The van der Waals surface area contributed by atoms with Crippen molar-refractivity contribution in [1.82, 2.24) is 0 Å². The number of nitrogens with two attached hydrogens (primary N) is 1. The first kappa shape index (κ1) is 10.5. The molecular formula is C13H20N2. The predicted molar refractivity (Wildman–Crippen MR) is 65.2 cm³/mol. The summed E-state index contributed by atoms with van der Waals surface area (Å²) in [5.41, 5.74) is 8.89. The SMILES string of the molecule is Cc1ccccc1N1CC(N)CC1(C)C. The van der Waals surface area contributed by atoms with Crippen LogP contribution in [0.5, 0.6) is 0 Å². The Balaban J connectivity index is 2.36. The Bertz CT molecular complexity index is 357. The summed E-state index contributed by atoms with van der Waals surface area (Å²) in [6, 6.07) is 8.84. The Labute approximate surface area is 92.1 Å². The van der Waals surface area contributed by atoms with Gasteiger partial charge in [-0.2, -0.15) is 0 Å². The third-order valence-corrected chi connectivity index (χ3v) is 3.32. The van der Waals surface area contributed by atoms with Gasteiger partial charge in [-0.3, -0.25) is 0 Å². The second kappa shape index (κ2) is 3.53. The molecule has 1 atom stereocenters. The third kappa shape index (κ3) is 1.86. The highest BCUT2D eigenvalue weighted by Crippen LogP contribution is 2.34. The largest absolute Gasteiger partial charge is 0.365 e. The monoisotopic (exact) mass is 204 g/mol. The lowest BCUT2D eigenvalue weighted by atomic mass is 9.99. The second-order valence-corrected chi connectivity index (χ2v) is 5.17. The lowest BCUT2D eigenvalue weighted by Gasteiger charge is -2.34. The zero-order chi connectivity index (χ0) is 11.1. The molecule has 2 heteroatoms. The molecule has 1 fully saturated rings. The Kier molecular flexibility index (Phi) is 2.47. The molecule has 0 bridgehead atoms. The van der Waals surface area contributed by atoms with Gasteiger partial charge < -0.3 is 10.6 Å². The molecule has 1 unspecified atom stereocenters. The van der Waals surface area contributed by atoms with Crippen LogP contribution < -0.4 is 10.6 Å². The molecule has 0 aliphatic carbocycles. The van der Waals surface area contributed by atoms with Gasteiger partial charge in [0.25, 0.3) is 0 Å². The molecule has 0 spiro atoms. The van der Waals surface area contributed by atoms with E-state index < -0.39 is 0 Å². The number of anilines is 1. The van der Waals surface area contributed by atoms with Crippen LogP contribution in [0.4, 0.5) is 5.69 Å². The lowest BCUT2D eigenvalue weighted by molar-refractivity contribution is 0.505. The fourth-order valence-corrected chi connectivity index (χ4v) is 2.59. The molecule has 15 heavy (non-hydrogen) atoms. The van der Waals surface area contributed by atoms with Crippen molar-refractivity contribution >= 4 is 5.69 Å². The van der Waals surface area contributed by atoms with E-state index >= 15 is 0 Å². The Morgan fingerprint density at radius 2 is 2.00 bits per heavy atom. The number of benzene rings is 1. The third-order valence-electron chi connectivity index (χ3n) is 3.32. The average Bonchev–Trinajstić information content (AvgIpc) is 2.40. The Morgan fingerprint density at radius 3 is 2.53 bits per heavy atom. The maximum atomic E-state index is 6.05. The quantitative estimate of drug-likeness (QED) is 0.760. The maximum absolute atomic E-state index is 6.05. The molecule has 1 aliphatic rings. The molecule has 0 radical (unpaired) electrons. The average molecular weight is 204 g/mol. The minimum absolute atomic E-state index is 0.186. The topological polar surface area (TPSA) is 29.3 Å². The van der Waals surface area contributed by atoms with E-state index in [-0.39, 0.29) is 5.54 Å². The van der Waals surface area contributed by atoms with Crippen molar-refractivity contribution in [2.24, 2.45) is 5.73 Å². The smallest absolute Gasteiger partial charge is 0.0400 e. The van der Waals surface area contributed by atoms with E-state index in [4.69, 9.17) is 5.73 Å². The number of nitrogens with zero attached hydrogens (tertiary/aromatic N) is 1. The van der Waals surface area contributed by atoms with Crippen LogP contribution in [0.3, 0.4) is 0 Å². The fraction of sp³-hybridized carbons (Fsp3) is 0.538. The number of hydrogen-bond donors (Lipinski definition) is 1. The van der Waals surface area contributed by atoms with Gasteiger partial charge in [0.15, 0.2) is 0 Å². The van der Waals surface area contributed by atoms with E-state index in [2.05, 4.69) is 49.9 Å². The zero-order valence-corrected chi connectivity index (χ0v) is 9.83. The number of rotatable bonds is 1. The van der Waals surface area contributed by atoms with Crippen LogP contribution in [0.15, 0.2) is 24.3 Å². The van der Waals surface area contributed by atoms with Crippen molar-refractivity contribution in [3.05, 3.63) is 29.8 Å². The van der Waals surface area contributed by atoms with Crippen LogP contribution in [0.2, 0.25) is 0 Å². The Hall–Kier alpha value is -1.02. The molecule has 1 aromatic carbocycles. The molecule has 0 saturated carbocycles. The Morgan fingerprint density at radius 1 is 1.33 bits per heavy atom. The van der Waals surface area contributed by atoms with Gasteiger partial charge >= 0.3 is 0 Å². The fourth-order valence-electron chi connectivity index (χ4n) is 2.59. The standard InChI is InChI=1S/C13H20N2/c1-10-6-4-5-7-12(10)15-9-11(14)8-13(15,2)3/h4-7,11H,8-9,14H2,1-3H3. The summed E-state index contributed by atoms with van der Waals surface area (Å²) >= 11 is 0. The van der Waals surface area contributed by atoms with Crippen LogP contribution in [-0.2, 0) is 0 Å². The maximum Gasteiger partial charge on any atom is 0.0400 e. The van der Waals surface area contributed by atoms with Gasteiger partial charge in [-0.1, -0.05) is 18.2 Å². The summed E-state index contributed by atoms with van der Waals surface area (Å²) in [6.45, 7) is 7.67. The molecule has 1 heterocycles. The van der Waals surface area contributed by atoms with Crippen molar-refractivity contribution in [2.75, 3.05) is 11.4 Å². The molecule has 2 N–H and O–H groups in total. The van der Waals surface area contributed by atoms with Gasteiger partial charge in [-0.05, 0) is 38.8 Å². The highest BCUT2D eigenvalue weighted by molar-refractivity contribution is 5.56. The van der Waals surface area contributed by atoms with Crippen molar-refractivity contribution in [2.45, 2.75) is 38.8 Å². The molecule has 0 amide bonds. The van der Waals surface area contributed by atoms with Gasteiger partial charge in [-0.25, -0.2) is 0 Å². The van der Waals surface area contributed by atoms with Crippen molar-refractivity contribution in [3.8, 4) is 0 Å². The van der Waals surface area contributed by atoms with Crippen molar-refractivity contribution in [3.63, 3.8) is 0 Å². The molecule has 1 saturated heterocycles. The molecule has 1 aliphatic heterocycles. The summed E-state index contributed by atoms with van der Waals surface area (Å²) in [7, 11) is 0. The lowest BCUT2D eigenvalue weighted by Crippen LogP contribution is -2.38.